The molecule has 0 aliphatic carbocycles. The number of esters is 1. The van der Waals surface area contributed by atoms with Crippen molar-refractivity contribution in [1.29, 1.82) is 0 Å². The minimum Gasteiger partial charge on any atom is -0.495 e. The highest BCUT2D eigenvalue weighted by Gasteiger charge is 2.20. The maximum atomic E-state index is 13.1. The number of hydrogen-bond acceptors (Lipinski definition) is 4. The molecule has 0 saturated heterocycles. The van der Waals surface area contributed by atoms with Crippen LogP contribution < -0.4 is 10.1 Å². The number of rotatable bonds is 5. The molecular weight excluding hydrogens is 320 g/mol. The minimum atomic E-state index is -1.17. The highest BCUT2D eigenvalue weighted by atomic mass is 19.2. The van der Waals surface area contributed by atoms with Crippen LogP contribution in [0.15, 0.2) is 42.5 Å². The van der Waals surface area contributed by atoms with Crippen molar-refractivity contribution in [2.24, 2.45) is 0 Å². The number of amides is 1. The first-order valence-corrected chi connectivity index (χ1v) is 7.02. The van der Waals surface area contributed by atoms with E-state index in [2.05, 4.69) is 5.32 Å². The van der Waals surface area contributed by atoms with Gasteiger partial charge in [-0.05, 0) is 37.3 Å². The Morgan fingerprint density at radius 1 is 1.08 bits per heavy atom. The van der Waals surface area contributed by atoms with Crippen LogP contribution in [0.1, 0.15) is 17.3 Å². The Bertz CT molecular complexity index is 764. The van der Waals surface area contributed by atoms with Gasteiger partial charge in [-0.3, -0.25) is 4.79 Å². The maximum absolute atomic E-state index is 13.1. The number of anilines is 1. The molecule has 1 unspecified atom stereocenters. The number of nitrogens with one attached hydrogen (secondary N) is 1. The van der Waals surface area contributed by atoms with Crippen molar-refractivity contribution in [2.45, 2.75) is 13.0 Å². The lowest BCUT2D eigenvalue weighted by molar-refractivity contribution is -0.123. The second-order valence-corrected chi connectivity index (χ2v) is 4.87. The Labute approximate surface area is 137 Å². The SMILES string of the molecule is COc1ccccc1NC(=O)C(C)OC(=O)c1ccc(F)c(F)c1. The zero-order valence-electron chi connectivity index (χ0n) is 13.0. The summed E-state index contributed by atoms with van der Waals surface area (Å²) in [6.45, 7) is 1.36. The number of para-hydroxylation sites is 2. The molecule has 0 aliphatic rings. The van der Waals surface area contributed by atoms with Gasteiger partial charge in [0.1, 0.15) is 5.75 Å². The summed E-state index contributed by atoms with van der Waals surface area (Å²) in [6, 6.07) is 9.32. The van der Waals surface area contributed by atoms with E-state index in [1.165, 1.54) is 14.0 Å². The monoisotopic (exact) mass is 335 g/mol. The second kappa shape index (κ2) is 7.54. The molecular formula is C17H15F2NO4. The Morgan fingerprint density at radius 3 is 2.46 bits per heavy atom. The van der Waals surface area contributed by atoms with Gasteiger partial charge in [-0.1, -0.05) is 12.1 Å². The number of hydrogen-bond donors (Lipinski definition) is 1. The summed E-state index contributed by atoms with van der Waals surface area (Å²) >= 11 is 0. The van der Waals surface area contributed by atoms with Crippen LogP contribution in [0.3, 0.4) is 0 Å². The summed E-state index contributed by atoms with van der Waals surface area (Å²) in [5, 5.41) is 2.56. The third-order valence-electron chi connectivity index (χ3n) is 3.17. The summed E-state index contributed by atoms with van der Waals surface area (Å²) in [4.78, 5) is 24.0. The minimum absolute atomic E-state index is 0.189. The predicted molar refractivity (Wildman–Crippen MR) is 82.9 cm³/mol. The molecule has 2 aromatic carbocycles. The largest absolute Gasteiger partial charge is 0.495 e. The van der Waals surface area contributed by atoms with E-state index in [0.29, 0.717) is 17.5 Å². The van der Waals surface area contributed by atoms with E-state index in [-0.39, 0.29) is 5.56 Å². The molecule has 0 aromatic heterocycles. The molecule has 0 saturated carbocycles. The maximum Gasteiger partial charge on any atom is 0.339 e. The van der Waals surface area contributed by atoms with Crippen molar-refractivity contribution in [3.63, 3.8) is 0 Å². The highest BCUT2D eigenvalue weighted by molar-refractivity contribution is 5.98. The van der Waals surface area contributed by atoms with Crippen molar-refractivity contribution >= 4 is 17.6 Å². The van der Waals surface area contributed by atoms with Gasteiger partial charge >= 0.3 is 5.97 Å². The smallest absolute Gasteiger partial charge is 0.339 e. The van der Waals surface area contributed by atoms with E-state index in [0.717, 1.165) is 12.1 Å². The fraction of sp³-hybridized carbons (Fsp3) is 0.176. The average Bonchev–Trinajstić information content (AvgIpc) is 2.57. The molecule has 1 N–H and O–H groups in total. The highest BCUT2D eigenvalue weighted by Crippen LogP contribution is 2.23. The van der Waals surface area contributed by atoms with Crippen LogP contribution in [-0.2, 0) is 9.53 Å². The van der Waals surface area contributed by atoms with Crippen LogP contribution in [0.4, 0.5) is 14.5 Å². The van der Waals surface area contributed by atoms with Gasteiger partial charge in [0.2, 0.25) is 0 Å². The van der Waals surface area contributed by atoms with Crippen LogP contribution >= 0.6 is 0 Å². The standard InChI is InChI=1S/C17H15F2NO4/c1-10(16(21)20-14-5-3-4-6-15(14)23-2)24-17(22)11-7-8-12(18)13(19)9-11/h3-10H,1-2H3,(H,20,21). The van der Waals surface area contributed by atoms with Gasteiger partial charge < -0.3 is 14.8 Å². The average molecular weight is 335 g/mol. The van der Waals surface area contributed by atoms with Crippen molar-refractivity contribution in [3.8, 4) is 5.75 Å². The van der Waals surface area contributed by atoms with E-state index in [1.807, 2.05) is 0 Å². The van der Waals surface area contributed by atoms with Gasteiger partial charge in [0.15, 0.2) is 17.7 Å². The van der Waals surface area contributed by atoms with Gasteiger partial charge in [-0.25, -0.2) is 13.6 Å². The Kier molecular flexibility index (Phi) is 5.47. The first kappa shape index (κ1) is 17.4. The van der Waals surface area contributed by atoms with Gasteiger partial charge in [0.25, 0.3) is 5.91 Å². The normalized spacial score (nSPS) is 11.5. The molecule has 0 bridgehead atoms. The first-order chi connectivity index (χ1) is 11.4. The van der Waals surface area contributed by atoms with Gasteiger partial charge in [0, 0.05) is 0 Å². The summed E-state index contributed by atoms with van der Waals surface area (Å²) in [5.74, 6) is -3.32. The van der Waals surface area contributed by atoms with Crippen LogP contribution in [0.2, 0.25) is 0 Å². The zero-order chi connectivity index (χ0) is 17.7. The molecule has 126 valence electrons. The predicted octanol–water partition coefficient (Wildman–Crippen LogP) is 3.16. The van der Waals surface area contributed by atoms with Crippen molar-refractivity contribution in [1.82, 2.24) is 0 Å². The molecule has 0 aliphatic heterocycles. The van der Waals surface area contributed by atoms with Gasteiger partial charge in [0.05, 0.1) is 18.4 Å². The summed E-state index contributed by atoms with van der Waals surface area (Å²) in [7, 11) is 1.46. The molecule has 0 fully saturated rings. The zero-order valence-corrected chi connectivity index (χ0v) is 13.0. The van der Waals surface area contributed by atoms with Gasteiger partial charge in [-0.15, -0.1) is 0 Å². The third-order valence-corrected chi connectivity index (χ3v) is 3.17. The number of benzene rings is 2. The Balaban J connectivity index is 2.03. The first-order valence-electron chi connectivity index (χ1n) is 7.02. The quantitative estimate of drug-likeness (QED) is 0.853. The molecule has 7 heteroatoms. The van der Waals surface area contributed by atoms with Crippen molar-refractivity contribution in [3.05, 3.63) is 59.7 Å². The number of ether oxygens (including phenoxy) is 2. The molecule has 0 heterocycles. The lowest BCUT2D eigenvalue weighted by Gasteiger charge is -2.15. The second-order valence-electron chi connectivity index (χ2n) is 4.87. The van der Waals surface area contributed by atoms with E-state index >= 15 is 0 Å². The summed E-state index contributed by atoms with van der Waals surface area (Å²) < 4.78 is 36.1. The van der Waals surface area contributed by atoms with Gasteiger partial charge in [-0.2, -0.15) is 0 Å². The van der Waals surface area contributed by atoms with E-state index in [4.69, 9.17) is 9.47 Å². The van der Waals surface area contributed by atoms with E-state index < -0.39 is 29.6 Å². The molecule has 5 nitrogen and oxygen atoms in total. The summed E-state index contributed by atoms with van der Waals surface area (Å²) in [6.07, 6.45) is -1.14. The number of halogens is 2. The fourth-order valence-electron chi connectivity index (χ4n) is 1.89. The Morgan fingerprint density at radius 2 is 1.79 bits per heavy atom. The lowest BCUT2D eigenvalue weighted by atomic mass is 10.2. The number of carbonyl (C=O) groups is 2. The Hall–Kier alpha value is -2.96. The molecule has 24 heavy (non-hydrogen) atoms. The molecule has 1 atom stereocenters. The molecule has 2 aromatic rings. The van der Waals surface area contributed by atoms with Crippen molar-refractivity contribution < 1.29 is 27.8 Å². The topological polar surface area (TPSA) is 64.6 Å². The molecule has 2 rings (SSSR count). The van der Waals surface area contributed by atoms with E-state index in [9.17, 15) is 18.4 Å². The van der Waals surface area contributed by atoms with Crippen LogP contribution in [0.5, 0.6) is 5.75 Å². The fourth-order valence-corrected chi connectivity index (χ4v) is 1.89. The molecule has 0 radical (unpaired) electrons. The number of methoxy groups -OCH3 is 1. The third kappa shape index (κ3) is 4.07. The summed E-state index contributed by atoms with van der Waals surface area (Å²) in [5.41, 5.74) is 0.228. The van der Waals surface area contributed by atoms with Crippen LogP contribution in [0.25, 0.3) is 0 Å². The number of carbonyl (C=O) groups excluding carboxylic acids is 2. The van der Waals surface area contributed by atoms with Crippen LogP contribution in [-0.4, -0.2) is 25.1 Å². The molecule has 0 spiro atoms. The lowest BCUT2D eigenvalue weighted by Crippen LogP contribution is -2.30. The molecule has 1 amide bonds. The van der Waals surface area contributed by atoms with E-state index in [1.54, 1.807) is 24.3 Å². The van der Waals surface area contributed by atoms with Crippen molar-refractivity contribution in [2.75, 3.05) is 12.4 Å². The van der Waals surface area contributed by atoms with Crippen LogP contribution in [0, 0.1) is 11.6 Å².